The van der Waals surface area contributed by atoms with Crippen LogP contribution < -0.4 is 21.9 Å². The summed E-state index contributed by atoms with van der Waals surface area (Å²) < 4.78 is 0. The van der Waals surface area contributed by atoms with Crippen LogP contribution in [-0.2, 0) is 0 Å². The third-order valence-electron chi connectivity index (χ3n) is 3.05. The predicted molar refractivity (Wildman–Crippen MR) is 79.8 cm³/mol. The number of hydrogen-bond acceptors (Lipinski definition) is 4. The van der Waals surface area contributed by atoms with Crippen molar-refractivity contribution in [3.8, 4) is 0 Å². The van der Waals surface area contributed by atoms with Crippen LogP contribution in [0, 0.1) is 0 Å². The van der Waals surface area contributed by atoms with Gasteiger partial charge in [-0.2, -0.15) is 11.1 Å². The maximum atomic E-state index is 3.15. The van der Waals surface area contributed by atoms with E-state index in [0.717, 1.165) is 13.1 Å². The molecule has 0 saturated carbocycles. The zero-order chi connectivity index (χ0) is 13.3. The molecule has 0 unspecified atom stereocenters. The minimum absolute atomic E-state index is 1.00. The Morgan fingerprint density at radius 1 is 0.500 bits per heavy atom. The van der Waals surface area contributed by atoms with Crippen molar-refractivity contribution >= 4 is 0 Å². The molecule has 0 aliphatic carbocycles. The fraction of sp³-hybridized carbons (Fsp3) is 1.00. The van der Waals surface area contributed by atoms with Gasteiger partial charge in [-0.3, -0.25) is 0 Å². The van der Waals surface area contributed by atoms with E-state index in [2.05, 4.69) is 35.8 Å². The van der Waals surface area contributed by atoms with Gasteiger partial charge in [0.2, 0.25) is 0 Å². The van der Waals surface area contributed by atoms with Crippen molar-refractivity contribution in [1.82, 2.24) is 21.9 Å². The number of unbranched alkanes of at least 4 members (excludes halogenated alkanes) is 8. The normalized spacial score (nSPS) is 11.0. The lowest BCUT2D eigenvalue weighted by Crippen LogP contribution is -2.51. The van der Waals surface area contributed by atoms with E-state index in [0.29, 0.717) is 0 Å². The second-order valence-electron chi connectivity index (χ2n) is 4.93. The van der Waals surface area contributed by atoms with E-state index in [-0.39, 0.29) is 0 Å². The lowest BCUT2D eigenvalue weighted by Gasteiger charge is -2.09. The molecule has 4 N–H and O–H groups in total. The molecule has 0 aliphatic rings. The third-order valence-corrected chi connectivity index (χ3v) is 3.05. The molecular formula is C14H34N4. The lowest BCUT2D eigenvalue weighted by molar-refractivity contribution is 0.362. The van der Waals surface area contributed by atoms with E-state index in [1.807, 2.05) is 0 Å². The molecule has 0 aliphatic heterocycles. The van der Waals surface area contributed by atoms with Gasteiger partial charge in [-0.1, -0.05) is 65.2 Å². The highest BCUT2D eigenvalue weighted by atomic mass is 15.7. The first kappa shape index (κ1) is 17.8. The monoisotopic (exact) mass is 258 g/mol. The average molecular weight is 258 g/mol. The minimum atomic E-state index is 1.00. The molecule has 4 heteroatoms. The van der Waals surface area contributed by atoms with Crippen molar-refractivity contribution in [3.05, 3.63) is 0 Å². The maximum absolute atomic E-state index is 3.15. The van der Waals surface area contributed by atoms with Gasteiger partial charge < -0.3 is 0 Å². The molecule has 0 heterocycles. The van der Waals surface area contributed by atoms with Gasteiger partial charge in [-0.15, -0.1) is 0 Å². The fourth-order valence-electron chi connectivity index (χ4n) is 1.83. The Hall–Kier alpha value is -0.160. The third kappa shape index (κ3) is 15.8. The molecule has 0 amide bonds. The molecule has 0 radical (unpaired) electrons. The van der Waals surface area contributed by atoms with Crippen molar-refractivity contribution in [2.24, 2.45) is 0 Å². The Kier molecular flexibility index (Phi) is 16.7. The average Bonchev–Trinajstić information content (AvgIpc) is 2.39. The summed E-state index contributed by atoms with van der Waals surface area (Å²) in [7, 11) is 0. The van der Waals surface area contributed by atoms with Crippen molar-refractivity contribution in [1.29, 1.82) is 0 Å². The van der Waals surface area contributed by atoms with E-state index in [4.69, 9.17) is 0 Å². The standard InChI is InChI=1S/C14H34N4/c1-3-5-7-8-9-10-11-12-14-16-18-17-15-13-6-4-2/h15-18H,3-14H2,1-2H3. The highest BCUT2D eigenvalue weighted by Crippen LogP contribution is 2.07. The highest BCUT2D eigenvalue weighted by Gasteiger charge is 1.91. The van der Waals surface area contributed by atoms with Crippen LogP contribution in [0.15, 0.2) is 0 Å². The number of rotatable bonds is 15. The summed E-state index contributed by atoms with van der Waals surface area (Å²) in [5.74, 6) is 0. The van der Waals surface area contributed by atoms with Crippen LogP contribution in [0.1, 0.15) is 78.1 Å². The van der Waals surface area contributed by atoms with Crippen molar-refractivity contribution < 1.29 is 0 Å². The van der Waals surface area contributed by atoms with Crippen LogP contribution >= 0.6 is 0 Å². The smallest absolute Gasteiger partial charge is 0.0113 e. The molecule has 0 saturated heterocycles. The Balaban J connectivity index is 2.86. The first-order chi connectivity index (χ1) is 8.91. The molecule has 0 rings (SSSR count). The van der Waals surface area contributed by atoms with Crippen LogP contribution in [-0.4, -0.2) is 13.1 Å². The summed E-state index contributed by atoms with van der Waals surface area (Å²) >= 11 is 0. The summed E-state index contributed by atoms with van der Waals surface area (Å²) in [5, 5.41) is 0. The van der Waals surface area contributed by atoms with Crippen LogP contribution in [0.25, 0.3) is 0 Å². The Morgan fingerprint density at radius 3 is 1.50 bits per heavy atom. The summed E-state index contributed by atoms with van der Waals surface area (Å²) in [4.78, 5) is 0. The topological polar surface area (TPSA) is 48.1 Å². The van der Waals surface area contributed by atoms with Crippen LogP contribution in [0.5, 0.6) is 0 Å². The predicted octanol–water partition coefficient (Wildman–Crippen LogP) is 3.03. The molecule has 0 fully saturated rings. The van der Waals surface area contributed by atoms with E-state index in [1.165, 1.54) is 64.2 Å². The molecule has 0 atom stereocenters. The van der Waals surface area contributed by atoms with Crippen LogP contribution in [0.3, 0.4) is 0 Å². The summed E-state index contributed by atoms with van der Waals surface area (Å²) in [5.41, 5.74) is 12.1. The van der Waals surface area contributed by atoms with Gasteiger partial charge in [-0.25, -0.2) is 10.9 Å². The van der Waals surface area contributed by atoms with Gasteiger partial charge in [0.1, 0.15) is 0 Å². The van der Waals surface area contributed by atoms with Crippen molar-refractivity contribution in [2.45, 2.75) is 78.1 Å². The molecule has 110 valence electrons. The Bertz CT molecular complexity index is 126. The second kappa shape index (κ2) is 16.8. The van der Waals surface area contributed by atoms with E-state index in [9.17, 15) is 0 Å². The molecule has 0 aromatic carbocycles. The second-order valence-corrected chi connectivity index (χ2v) is 4.93. The molecule has 4 nitrogen and oxygen atoms in total. The quantitative estimate of drug-likeness (QED) is 0.269. The maximum Gasteiger partial charge on any atom is 0.0113 e. The van der Waals surface area contributed by atoms with Gasteiger partial charge >= 0.3 is 0 Å². The van der Waals surface area contributed by atoms with E-state index in [1.54, 1.807) is 0 Å². The fourth-order valence-corrected chi connectivity index (χ4v) is 1.83. The van der Waals surface area contributed by atoms with Gasteiger partial charge in [0.25, 0.3) is 0 Å². The lowest BCUT2D eigenvalue weighted by atomic mass is 10.1. The number of hydrazine groups is 3. The Morgan fingerprint density at radius 2 is 0.944 bits per heavy atom. The van der Waals surface area contributed by atoms with E-state index < -0.39 is 0 Å². The van der Waals surface area contributed by atoms with Crippen LogP contribution in [0.2, 0.25) is 0 Å². The molecule has 0 bridgehead atoms. The molecule has 0 aromatic heterocycles. The SMILES string of the molecule is CCCCCCCCCCNNNNCCCC. The minimum Gasteiger partial charge on any atom is -0.243 e. The summed E-state index contributed by atoms with van der Waals surface area (Å²) in [6.07, 6.45) is 13.4. The number of nitrogens with one attached hydrogen (secondary N) is 4. The van der Waals surface area contributed by atoms with Gasteiger partial charge in [0.15, 0.2) is 0 Å². The zero-order valence-electron chi connectivity index (χ0n) is 12.5. The molecular weight excluding hydrogens is 224 g/mol. The Labute approximate surface area is 114 Å². The molecule has 0 spiro atoms. The zero-order valence-corrected chi connectivity index (χ0v) is 12.5. The summed E-state index contributed by atoms with van der Waals surface area (Å²) in [6, 6.07) is 0. The van der Waals surface area contributed by atoms with Gasteiger partial charge in [-0.05, 0) is 12.8 Å². The molecule has 18 heavy (non-hydrogen) atoms. The summed E-state index contributed by atoms with van der Waals surface area (Å²) in [6.45, 7) is 6.49. The first-order valence-corrected chi connectivity index (χ1v) is 7.87. The largest absolute Gasteiger partial charge is 0.243 e. The van der Waals surface area contributed by atoms with Gasteiger partial charge in [0, 0.05) is 13.1 Å². The van der Waals surface area contributed by atoms with Crippen LogP contribution in [0.4, 0.5) is 0 Å². The van der Waals surface area contributed by atoms with Gasteiger partial charge in [0.05, 0.1) is 0 Å². The molecule has 0 aromatic rings. The van der Waals surface area contributed by atoms with Crippen molar-refractivity contribution in [3.63, 3.8) is 0 Å². The van der Waals surface area contributed by atoms with Crippen molar-refractivity contribution in [2.75, 3.05) is 13.1 Å². The first-order valence-electron chi connectivity index (χ1n) is 7.87. The number of hydrogen-bond donors (Lipinski definition) is 4. The van der Waals surface area contributed by atoms with E-state index >= 15 is 0 Å². The highest BCUT2D eigenvalue weighted by molar-refractivity contribution is 4.47.